The molecule has 0 bridgehead atoms. The molecule has 0 aliphatic heterocycles. The molecule has 28 heavy (non-hydrogen) atoms. The van der Waals surface area contributed by atoms with Gasteiger partial charge in [-0.05, 0) is 24.8 Å². The topological polar surface area (TPSA) is 104 Å². The summed E-state index contributed by atoms with van der Waals surface area (Å²) in [5.74, 6) is 1.26. The summed E-state index contributed by atoms with van der Waals surface area (Å²) in [4.78, 5) is 16.8. The molecule has 0 saturated heterocycles. The van der Waals surface area contributed by atoms with Gasteiger partial charge in [0, 0.05) is 25.4 Å². The zero-order chi connectivity index (χ0) is 19.3. The first kappa shape index (κ1) is 18.2. The van der Waals surface area contributed by atoms with E-state index >= 15 is 0 Å². The van der Waals surface area contributed by atoms with Crippen molar-refractivity contribution < 1.29 is 9.53 Å². The number of anilines is 2. The van der Waals surface area contributed by atoms with Crippen LogP contribution < -0.4 is 16.0 Å². The van der Waals surface area contributed by atoms with E-state index in [0.29, 0.717) is 18.5 Å². The molecule has 1 unspecified atom stereocenters. The summed E-state index contributed by atoms with van der Waals surface area (Å²) in [5.41, 5.74) is 1.80. The van der Waals surface area contributed by atoms with Crippen LogP contribution in [0.2, 0.25) is 0 Å². The number of methoxy groups -OCH3 is 1. The average Bonchev–Trinajstić information content (AvgIpc) is 3.07. The number of pyridine rings is 1. The Morgan fingerprint density at radius 3 is 2.86 bits per heavy atom. The van der Waals surface area contributed by atoms with Crippen LogP contribution in [0.3, 0.4) is 0 Å². The Balaban J connectivity index is 1.42. The molecule has 1 aliphatic carbocycles. The van der Waals surface area contributed by atoms with Crippen molar-refractivity contribution in [2.45, 2.75) is 31.3 Å². The molecule has 2 amide bonds. The van der Waals surface area contributed by atoms with Gasteiger partial charge in [0.15, 0.2) is 5.82 Å². The van der Waals surface area contributed by atoms with Gasteiger partial charge < -0.3 is 15.4 Å². The van der Waals surface area contributed by atoms with Crippen LogP contribution in [-0.2, 0) is 4.74 Å². The Morgan fingerprint density at radius 2 is 2.14 bits per heavy atom. The van der Waals surface area contributed by atoms with Crippen molar-refractivity contribution in [3.05, 3.63) is 48.2 Å². The van der Waals surface area contributed by atoms with E-state index in [1.165, 1.54) is 19.3 Å². The van der Waals surface area contributed by atoms with Crippen LogP contribution in [0.1, 0.15) is 30.9 Å². The van der Waals surface area contributed by atoms with Gasteiger partial charge in [-0.15, -0.1) is 0 Å². The highest BCUT2D eigenvalue weighted by atomic mass is 16.5. The second kappa shape index (κ2) is 8.26. The number of fused-ring (bicyclic) bond motifs is 1. The summed E-state index contributed by atoms with van der Waals surface area (Å²) in [6.07, 6.45) is 5.32. The molecule has 4 rings (SSSR count). The summed E-state index contributed by atoms with van der Waals surface area (Å²) in [5, 5.41) is 17.4. The highest BCUT2D eigenvalue weighted by Gasteiger charge is 2.19. The molecule has 8 heteroatoms. The number of nitrogens with one attached hydrogen (secondary N) is 4. The second-order valence-electron chi connectivity index (χ2n) is 6.98. The molecule has 1 aromatic carbocycles. The number of aromatic nitrogens is 3. The summed E-state index contributed by atoms with van der Waals surface area (Å²) < 4.78 is 5.24. The quantitative estimate of drug-likeness (QED) is 0.503. The van der Waals surface area contributed by atoms with Crippen molar-refractivity contribution in [1.29, 1.82) is 0 Å². The molecule has 1 atom stereocenters. The van der Waals surface area contributed by atoms with E-state index in [2.05, 4.69) is 31.1 Å². The minimum Gasteiger partial charge on any atom is -0.382 e. The van der Waals surface area contributed by atoms with Crippen LogP contribution in [0.25, 0.3) is 10.9 Å². The van der Waals surface area contributed by atoms with E-state index in [-0.39, 0.29) is 12.1 Å². The highest BCUT2D eigenvalue weighted by molar-refractivity contribution is 5.94. The maximum atomic E-state index is 12.4. The van der Waals surface area contributed by atoms with Crippen molar-refractivity contribution in [2.75, 3.05) is 24.4 Å². The van der Waals surface area contributed by atoms with Gasteiger partial charge in [-0.1, -0.05) is 30.3 Å². The minimum absolute atomic E-state index is 0.250. The Kier molecular flexibility index (Phi) is 5.38. The predicted molar refractivity (Wildman–Crippen MR) is 108 cm³/mol. The number of hydrogen-bond acceptors (Lipinski definition) is 5. The van der Waals surface area contributed by atoms with Gasteiger partial charge in [-0.25, -0.2) is 9.78 Å². The SMILES string of the molecule is COCC(NC(=O)Nc1cc2[nH]nc(NC3CCC3)c2cn1)c1ccccc1. The second-order valence-corrected chi connectivity index (χ2v) is 6.98. The van der Waals surface area contributed by atoms with E-state index in [9.17, 15) is 4.79 Å². The van der Waals surface area contributed by atoms with E-state index in [1.807, 2.05) is 30.3 Å². The molecular formula is C20H24N6O2. The van der Waals surface area contributed by atoms with Gasteiger partial charge in [0.2, 0.25) is 0 Å². The van der Waals surface area contributed by atoms with Crippen LogP contribution in [-0.4, -0.2) is 41.0 Å². The summed E-state index contributed by atoms with van der Waals surface area (Å²) in [6.45, 7) is 0.376. The van der Waals surface area contributed by atoms with Crippen molar-refractivity contribution in [3.8, 4) is 0 Å². The van der Waals surface area contributed by atoms with Crippen LogP contribution in [0.5, 0.6) is 0 Å². The average molecular weight is 380 g/mol. The third-order valence-electron chi connectivity index (χ3n) is 4.98. The number of aromatic amines is 1. The maximum absolute atomic E-state index is 12.4. The van der Waals surface area contributed by atoms with Gasteiger partial charge in [0.05, 0.1) is 23.6 Å². The highest BCUT2D eigenvalue weighted by Crippen LogP contribution is 2.27. The number of carbonyl (C=O) groups excluding carboxylic acids is 1. The first-order chi connectivity index (χ1) is 13.7. The third kappa shape index (κ3) is 4.07. The number of amides is 2. The lowest BCUT2D eigenvalue weighted by Gasteiger charge is -2.26. The smallest absolute Gasteiger partial charge is 0.320 e. The van der Waals surface area contributed by atoms with Crippen LogP contribution in [0.15, 0.2) is 42.6 Å². The molecular weight excluding hydrogens is 356 g/mol. The minimum atomic E-state index is -0.343. The Morgan fingerprint density at radius 1 is 1.32 bits per heavy atom. The van der Waals surface area contributed by atoms with Gasteiger partial charge >= 0.3 is 6.03 Å². The predicted octanol–water partition coefficient (Wildman–Crippen LogP) is 3.43. The van der Waals surface area contributed by atoms with Gasteiger partial charge in [0.1, 0.15) is 5.82 Å². The Hall–Kier alpha value is -3.13. The van der Waals surface area contributed by atoms with Crippen LogP contribution in [0, 0.1) is 0 Å². The first-order valence-electron chi connectivity index (χ1n) is 9.45. The van der Waals surface area contributed by atoms with Crippen LogP contribution >= 0.6 is 0 Å². The largest absolute Gasteiger partial charge is 0.382 e. The summed E-state index contributed by atoms with van der Waals surface area (Å²) in [6, 6.07) is 11.4. The molecule has 1 fully saturated rings. The standard InChI is InChI=1S/C20H24N6O2/c1-28-12-17(13-6-3-2-4-7-13)23-20(27)24-18-10-16-15(11-21-18)19(26-25-16)22-14-8-5-9-14/h2-4,6-7,10-11,14,17H,5,8-9,12H2,1H3,(H2,22,25,26)(H2,21,23,24,27). The number of carbonyl (C=O) groups is 1. The van der Waals surface area contributed by atoms with Gasteiger partial charge in [-0.2, -0.15) is 5.10 Å². The Labute approximate surface area is 163 Å². The molecule has 8 nitrogen and oxygen atoms in total. The molecule has 3 aromatic rings. The fourth-order valence-corrected chi connectivity index (χ4v) is 3.22. The first-order valence-corrected chi connectivity index (χ1v) is 9.45. The number of urea groups is 1. The summed E-state index contributed by atoms with van der Waals surface area (Å²) >= 11 is 0. The van der Waals surface area contributed by atoms with Crippen molar-refractivity contribution in [1.82, 2.24) is 20.5 Å². The number of H-pyrrole nitrogens is 1. The fraction of sp³-hybridized carbons (Fsp3) is 0.350. The molecule has 1 aliphatic rings. The van der Waals surface area contributed by atoms with E-state index in [4.69, 9.17) is 4.74 Å². The molecule has 2 heterocycles. The fourth-order valence-electron chi connectivity index (χ4n) is 3.22. The number of rotatable bonds is 7. The van der Waals surface area contributed by atoms with Crippen molar-refractivity contribution in [2.24, 2.45) is 0 Å². The lowest BCUT2D eigenvalue weighted by molar-refractivity contribution is 0.168. The number of benzene rings is 1. The lowest BCUT2D eigenvalue weighted by atomic mass is 9.93. The zero-order valence-corrected chi connectivity index (χ0v) is 15.7. The summed E-state index contributed by atoms with van der Waals surface area (Å²) in [7, 11) is 1.61. The molecule has 146 valence electrons. The molecule has 1 saturated carbocycles. The van der Waals surface area contributed by atoms with E-state index in [1.54, 1.807) is 19.4 Å². The van der Waals surface area contributed by atoms with Gasteiger partial charge in [0.25, 0.3) is 0 Å². The van der Waals surface area contributed by atoms with Crippen molar-refractivity contribution in [3.63, 3.8) is 0 Å². The number of ether oxygens (including phenoxy) is 1. The lowest BCUT2D eigenvalue weighted by Crippen LogP contribution is -2.35. The monoisotopic (exact) mass is 380 g/mol. The molecule has 2 aromatic heterocycles. The number of hydrogen-bond donors (Lipinski definition) is 4. The van der Waals surface area contributed by atoms with E-state index in [0.717, 1.165) is 22.3 Å². The van der Waals surface area contributed by atoms with Crippen LogP contribution in [0.4, 0.5) is 16.4 Å². The zero-order valence-electron chi connectivity index (χ0n) is 15.7. The van der Waals surface area contributed by atoms with Crippen molar-refractivity contribution >= 4 is 28.6 Å². The molecule has 4 N–H and O–H groups in total. The maximum Gasteiger partial charge on any atom is 0.320 e. The number of nitrogens with zero attached hydrogens (tertiary/aromatic N) is 2. The third-order valence-corrected chi connectivity index (χ3v) is 4.98. The molecule has 0 radical (unpaired) electrons. The Bertz CT molecular complexity index is 938. The van der Waals surface area contributed by atoms with E-state index < -0.39 is 0 Å². The van der Waals surface area contributed by atoms with Gasteiger partial charge in [-0.3, -0.25) is 10.4 Å². The molecule has 0 spiro atoms. The normalized spacial score (nSPS) is 15.0.